The van der Waals surface area contributed by atoms with Crippen LogP contribution in [0.15, 0.2) is 6.07 Å². The zero-order valence-electron chi connectivity index (χ0n) is 7.96. The molecule has 2 N–H and O–H groups in total. The molecule has 0 aliphatic carbocycles. The second kappa shape index (κ2) is 3.79. The largest absolute Gasteiger partial charge is 0.465 e. The SMILES string of the molecule is COC(=O)c1sc(N)cc1C(C)C. The summed E-state index contributed by atoms with van der Waals surface area (Å²) in [5.74, 6) is -0.00644. The number of anilines is 1. The number of esters is 1. The highest BCUT2D eigenvalue weighted by Gasteiger charge is 2.17. The highest BCUT2D eigenvalue weighted by Crippen LogP contribution is 2.30. The summed E-state index contributed by atoms with van der Waals surface area (Å²) in [5, 5.41) is 0.657. The normalized spacial score (nSPS) is 10.5. The third-order valence-corrected chi connectivity index (χ3v) is 2.73. The molecule has 0 fully saturated rings. The maximum absolute atomic E-state index is 11.3. The van der Waals surface area contributed by atoms with Gasteiger partial charge in [-0.3, -0.25) is 0 Å². The topological polar surface area (TPSA) is 52.3 Å². The summed E-state index contributed by atoms with van der Waals surface area (Å²) in [4.78, 5) is 11.9. The van der Waals surface area contributed by atoms with Gasteiger partial charge in [-0.25, -0.2) is 4.79 Å². The van der Waals surface area contributed by atoms with Crippen LogP contribution in [-0.4, -0.2) is 13.1 Å². The minimum atomic E-state index is -0.301. The first-order valence-electron chi connectivity index (χ1n) is 4.03. The van der Waals surface area contributed by atoms with E-state index in [1.54, 1.807) is 0 Å². The van der Waals surface area contributed by atoms with E-state index in [1.807, 2.05) is 19.9 Å². The average molecular weight is 199 g/mol. The maximum Gasteiger partial charge on any atom is 0.348 e. The van der Waals surface area contributed by atoms with Gasteiger partial charge in [-0.2, -0.15) is 0 Å². The summed E-state index contributed by atoms with van der Waals surface area (Å²) in [5.41, 5.74) is 6.59. The number of ether oxygens (including phenoxy) is 1. The molecule has 0 spiro atoms. The summed E-state index contributed by atoms with van der Waals surface area (Å²) in [7, 11) is 1.38. The zero-order chi connectivity index (χ0) is 10.0. The van der Waals surface area contributed by atoms with Crippen molar-refractivity contribution in [1.29, 1.82) is 0 Å². The van der Waals surface area contributed by atoms with Gasteiger partial charge in [-0.15, -0.1) is 11.3 Å². The van der Waals surface area contributed by atoms with Gasteiger partial charge < -0.3 is 10.5 Å². The van der Waals surface area contributed by atoms with Crippen LogP contribution in [0.4, 0.5) is 5.00 Å². The van der Waals surface area contributed by atoms with E-state index >= 15 is 0 Å². The molecule has 1 aromatic heterocycles. The van der Waals surface area contributed by atoms with Gasteiger partial charge in [0.2, 0.25) is 0 Å². The molecule has 0 atom stereocenters. The average Bonchev–Trinajstić information content (AvgIpc) is 2.46. The molecule has 0 saturated heterocycles. The van der Waals surface area contributed by atoms with Crippen LogP contribution in [0.5, 0.6) is 0 Å². The van der Waals surface area contributed by atoms with Crippen molar-refractivity contribution < 1.29 is 9.53 Å². The second-order valence-corrected chi connectivity index (χ2v) is 4.16. The van der Waals surface area contributed by atoms with Crippen LogP contribution in [0.2, 0.25) is 0 Å². The molecule has 1 rings (SSSR count). The Morgan fingerprint density at radius 1 is 1.62 bits per heavy atom. The summed E-state index contributed by atoms with van der Waals surface area (Å²) >= 11 is 1.28. The maximum atomic E-state index is 11.3. The number of hydrogen-bond donors (Lipinski definition) is 1. The zero-order valence-corrected chi connectivity index (χ0v) is 8.77. The number of rotatable bonds is 2. The Balaban J connectivity index is 3.11. The summed E-state index contributed by atoms with van der Waals surface area (Å²) < 4.78 is 4.66. The lowest BCUT2D eigenvalue weighted by Gasteiger charge is -2.03. The fourth-order valence-corrected chi connectivity index (χ4v) is 2.11. The number of methoxy groups -OCH3 is 1. The van der Waals surface area contributed by atoms with Crippen molar-refractivity contribution in [3.05, 3.63) is 16.5 Å². The Bertz CT molecular complexity index is 317. The van der Waals surface area contributed by atoms with Crippen LogP contribution in [0.3, 0.4) is 0 Å². The third-order valence-electron chi connectivity index (χ3n) is 1.77. The van der Waals surface area contributed by atoms with Crippen molar-refractivity contribution in [3.63, 3.8) is 0 Å². The molecule has 4 heteroatoms. The molecule has 0 aliphatic heterocycles. The Kier molecular flexibility index (Phi) is 2.93. The van der Waals surface area contributed by atoms with Crippen LogP contribution < -0.4 is 5.73 Å². The van der Waals surface area contributed by atoms with Crippen LogP contribution in [0, 0.1) is 0 Å². The molecule has 0 bridgehead atoms. The Morgan fingerprint density at radius 2 is 2.23 bits per heavy atom. The minimum Gasteiger partial charge on any atom is -0.465 e. The van der Waals surface area contributed by atoms with E-state index in [2.05, 4.69) is 4.74 Å². The van der Waals surface area contributed by atoms with Gasteiger partial charge in [-0.05, 0) is 17.5 Å². The first kappa shape index (κ1) is 10.1. The molecule has 3 nitrogen and oxygen atoms in total. The first-order valence-corrected chi connectivity index (χ1v) is 4.85. The molecule has 1 heterocycles. The second-order valence-electron chi connectivity index (χ2n) is 3.08. The highest BCUT2D eigenvalue weighted by atomic mass is 32.1. The molecule has 0 aromatic carbocycles. The number of nitrogens with two attached hydrogens (primary N) is 1. The number of nitrogen functional groups attached to an aromatic ring is 1. The summed E-state index contributed by atoms with van der Waals surface area (Å²) in [6, 6.07) is 1.83. The number of thiophene rings is 1. The van der Waals surface area contributed by atoms with E-state index in [9.17, 15) is 4.79 Å². The molecule has 72 valence electrons. The molecule has 0 saturated carbocycles. The Hall–Kier alpha value is -1.03. The van der Waals surface area contributed by atoms with Crippen LogP contribution in [-0.2, 0) is 4.74 Å². The molecular formula is C9H13NO2S. The van der Waals surface area contributed by atoms with Crippen LogP contribution in [0.25, 0.3) is 0 Å². The smallest absolute Gasteiger partial charge is 0.348 e. The van der Waals surface area contributed by atoms with Gasteiger partial charge in [0.15, 0.2) is 0 Å². The van der Waals surface area contributed by atoms with Crippen molar-refractivity contribution in [2.75, 3.05) is 12.8 Å². The molecular weight excluding hydrogens is 186 g/mol. The van der Waals surface area contributed by atoms with E-state index in [1.165, 1.54) is 18.4 Å². The molecule has 0 radical (unpaired) electrons. The lowest BCUT2D eigenvalue weighted by Crippen LogP contribution is -2.02. The van der Waals surface area contributed by atoms with Gasteiger partial charge >= 0.3 is 5.97 Å². The predicted octanol–water partition coefficient (Wildman–Crippen LogP) is 2.24. The van der Waals surface area contributed by atoms with Crippen molar-refractivity contribution in [2.45, 2.75) is 19.8 Å². The van der Waals surface area contributed by atoms with E-state index in [0.29, 0.717) is 15.8 Å². The van der Waals surface area contributed by atoms with Gasteiger partial charge in [0.25, 0.3) is 0 Å². The number of carbonyl (C=O) groups is 1. The van der Waals surface area contributed by atoms with Gasteiger partial charge in [-0.1, -0.05) is 13.8 Å². The fourth-order valence-electron chi connectivity index (χ4n) is 1.11. The Morgan fingerprint density at radius 3 is 2.69 bits per heavy atom. The predicted molar refractivity (Wildman–Crippen MR) is 54.2 cm³/mol. The number of carbonyl (C=O) groups excluding carboxylic acids is 1. The molecule has 0 amide bonds. The van der Waals surface area contributed by atoms with Crippen molar-refractivity contribution in [1.82, 2.24) is 0 Å². The number of hydrogen-bond acceptors (Lipinski definition) is 4. The van der Waals surface area contributed by atoms with Crippen molar-refractivity contribution in [2.24, 2.45) is 0 Å². The van der Waals surface area contributed by atoms with Gasteiger partial charge in [0.05, 0.1) is 12.1 Å². The van der Waals surface area contributed by atoms with E-state index < -0.39 is 0 Å². The van der Waals surface area contributed by atoms with Crippen LogP contribution in [0.1, 0.15) is 35.0 Å². The first-order chi connectivity index (χ1) is 6.06. The van der Waals surface area contributed by atoms with E-state index in [4.69, 9.17) is 5.73 Å². The summed E-state index contributed by atoms with van der Waals surface area (Å²) in [6.45, 7) is 4.04. The van der Waals surface area contributed by atoms with Crippen molar-refractivity contribution >= 4 is 22.3 Å². The molecule has 0 aliphatic rings. The standard InChI is InChI=1S/C9H13NO2S/c1-5(2)6-4-7(10)13-8(6)9(11)12-3/h4-5H,10H2,1-3H3. The monoisotopic (exact) mass is 199 g/mol. The lowest BCUT2D eigenvalue weighted by atomic mass is 10.0. The highest BCUT2D eigenvalue weighted by molar-refractivity contribution is 7.17. The van der Waals surface area contributed by atoms with E-state index in [-0.39, 0.29) is 5.97 Å². The van der Waals surface area contributed by atoms with Gasteiger partial charge in [0, 0.05) is 0 Å². The summed E-state index contributed by atoms with van der Waals surface area (Å²) in [6.07, 6.45) is 0. The molecule has 13 heavy (non-hydrogen) atoms. The molecule has 1 aromatic rings. The van der Waals surface area contributed by atoms with Crippen molar-refractivity contribution in [3.8, 4) is 0 Å². The fraction of sp³-hybridized carbons (Fsp3) is 0.444. The van der Waals surface area contributed by atoms with Crippen LogP contribution >= 0.6 is 11.3 Å². The quantitative estimate of drug-likeness (QED) is 0.743. The third kappa shape index (κ3) is 2.01. The minimum absolute atomic E-state index is 0.294. The van der Waals surface area contributed by atoms with Gasteiger partial charge in [0.1, 0.15) is 4.88 Å². The van der Waals surface area contributed by atoms with E-state index in [0.717, 1.165) is 5.56 Å². The Labute approximate surface area is 81.5 Å². The molecule has 0 unspecified atom stereocenters. The lowest BCUT2D eigenvalue weighted by molar-refractivity contribution is 0.0605.